The summed E-state index contributed by atoms with van der Waals surface area (Å²) in [6.07, 6.45) is 0. The van der Waals surface area contributed by atoms with E-state index in [4.69, 9.17) is 12.2 Å². The first-order valence-electron chi connectivity index (χ1n) is 8.51. The minimum atomic E-state index is -0.143. The van der Waals surface area contributed by atoms with Gasteiger partial charge in [0.2, 0.25) is 0 Å². The largest absolute Gasteiger partial charge is 0.374 e. The van der Waals surface area contributed by atoms with Crippen molar-refractivity contribution in [2.75, 3.05) is 5.32 Å². The molecule has 1 N–H and O–H groups in total. The van der Waals surface area contributed by atoms with Gasteiger partial charge in [-0.05, 0) is 63.9 Å². The SMILES string of the molecule is Cc1cccc(-n2sc3c(c2=S)-c2cc(C)cc(C)c2NC3(C)C)c1. The molecular weight excluding hydrogens is 344 g/mol. The highest BCUT2D eigenvalue weighted by atomic mass is 32.1. The normalized spacial score (nSPS) is 14.6. The minimum Gasteiger partial charge on any atom is -0.374 e. The Hall–Kier alpha value is -1.91. The predicted molar refractivity (Wildman–Crippen MR) is 111 cm³/mol. The quantitative estimate of drug-likeness (QED) is 0.494. The lowest BCUT2D eigenvalue weighted by molar-refractivity contribution is 0.619. The lowest BCUT2D eigenvalue weighted by Gasteiger charge is -2.34. The summed E-state index contributed by atoms with van der Waals surface area (Å²) in [5, 5.41) is 3.74. The van der Waals surface area contributed by atoms with Crippen molar-refractivity contribution >= 4 is 29.4 Å². The van der Waals surface area contributed by atoms with Crippen molar-refractivity contribution in [3.05, 3.63) is 62.6 Å². The van der Waals surface area contributed by atoms with Gasteiger partial charge in [-0.3, -0.25) is 3.96 Å². The summed E-state index contributed by atoms with van der Waals surface area (Å²) in [6.45, 7) is 10.9. The molecule has 4 heteroatoms. The van der Waals surface area contributed by atoms with Crippen LogP contribution >= 0.6 is 23.8 Å². The van der Waals surface area contributed by atoms with Gasteiger partial charge >= 0.3 is 0 Å². The van der Waals surface area contributed by atoms with Gasteiger partial charge in [-0.2, -0.15) is 0 Å². The maximum absolute atomic E-state index is 5.95. The summed E-state index contributed by atoms with van der Waals surface area (Å²) in [4.78, 5) is 1.30. The summed E-state index contributed by atoms with van der Waals surface area (Å²) in [5.74, 6) is 0. The number of hydrogen-bond acceptors (Lipinski definition) is 3. The third kappa shape index (κ3) is 2.55. The predicted octanol–water partition coefficient (Wildman–Crippen LogP) is 6.52. The molecule has 3 aromatic rings. The number of rotatable bonds is 1. The minimum absolute atomic E-state index is 0.143. The van der Waals surface area contributed by atoms with Gasteiger partial charge in [-0.1, -0.05) is 47.5 Å². The molecule has 25 heavy (non-hydrogen) atoms. The van der Waals surface area contributed by atoms with E-state index in [2.05, 4.69) is 80.3 Å². The van der Waals surface area contributed by atoms with Gasteiger partial charge in [-0.25, -0.2) is 0 Å². The van der Waals surface area contributed by atoms with E-state index in [1.807, 2.05) is 0 Å². The second kappa shape index (κ2) is 5.55. The van der Waals surface area contributed by atoms with Crippen molar-refractivity contribution in [3.8, 4) is 16.8 Å². The van der Waals surface area contributed by atoms with E-state index < -0.39 is 0 Å². The monoisotopic (exact) mass is 366 g/mol. The molecule has 0 aliphatic carbocycles. The Kier molecular flexibility index (Phi) is 3.67. The molecule has 1 aromatic heterocycles. The van der Waals surface area contributed by atoms with Crippen LogP contribution in [0.4, 0.5) is 5.69 Å². The molecule has 0 saturated carbocycles. The van der Waals surface area contributed by atoms with Gasteiger partial charge in [0, 0.05) is 16.8 Å². The molecule has 0 spiro atoms. The molecule has 0 saturated heterocycles. The molecule has 0 radical (unpaired) electrons. The van der Waals surface area contributed by atoms with Crippen molar-refractivity contribution in [2.45, 2.75) is 40.2 Å². The molecule has 0 amide bonds. The lowest BCUT2D eigenvalue weighted by Crippen LogP contribution is -2.31. The number of fused-ring (bicyclic) bond motifs is 3. The van der Waals surface area contributed by atoms with E-state index >= 15 is 0 Å². The van der Waals surface area contributed by atoms with Crippen molar-refractivity contribution in [2.24, 2.45) is 0 Å². The Morgan fingerprint density at radius 3 is 2.52 bits per heavy atom. The maximum atomic E-state index is 5.95. The molecule has 4 rings (SSSR count). The van der Waals surface area contributed by atoms with Crippen LogP contribution in [0.5, 0.6) is 0 Å². The van der Waals surface area contributed by atoms with Crippen LogP contribution in [0.15, 0.2) is 36.4 Å². The van der Waals surface area contributed by atoms with Gasteiger partial charge < -0.3 is 5.32 Å². The highest BCUT2D eigenvalue weighted by Gasteiger charge is 2.35. The number of aryl methyl sites for hydroxylation is 3. The molecule has 1 aliphatic heterocycles. The highest BCUT2D eigenvalue weighted by molar-refractivity contribution is 7.71. The van der Waals surface area contributed by atoms with E-state index in [1.165, 1.54) is 38.4 Å². The fourth-order valence-corrected chi connectivity index (χ4v) is 5.31. The number of anilines is 1. The van der Waals surface area contributed by atoms with Crippen molar-refractivity contribution in [1.29, 1.82) is 0 Å². The standard InChI is InChI=1S/C21H22N2S2/c1-12-7-6-8-15(10-12)23-20(24)17-16-11-13(2)9-14(3)18(16)22-21(4,5)19(17)25-23/h6-11,22H,1-5H3. The fraction of sp³-hybridized carbons (Fsp3) is 0.286. The summed E-state index contributed by atoms with van der Waals surface area (Å²) in [7, 11) is 0. The number of nitrogens with one attached hydrogen (secondary N) is 1. The summed E-state index contributed by atoms with van der Waals surface area (Å²) in [6, 6.07) is 13.0. The molecule has 0 atom stereocenters. The van der Waals surface area contributed by atoms with Crippen LogP contribution in [-0.4, -0.2) is 3.96 Å². The van der Waals surface area contributed by atoms with Crippen molar-refractivity contribution < 1.29 is 0 Å². The molecule has 0 unspecified atom stereocenters. The molecule has 2 heterocycles. The second-order valence-corrected chi connectivity index (χ2v) is 8.83. The average Bonchev–Trinajstić information content (AvgIpc) is 2.88. The zero-order valence-corrected chi connectivity index (χ0v) is 16.9. The van der Waals surface area contributed by atoms with Gasteiger partial charge in [0.1, 0.15) is 4.64 Å². The first kappa shape index (κ1) is 16.6. The molecule has 2 aromatic carbocycles. The van der Waals surface area contributed by atoms with Crippen LogP contribution in [0.3, 0.4) is 0 Å². The molecule has 1 aliphatic rings. The smallest absolute Gasteiger partial charge is 0.129 e. The van der Waals surface area contributed by atoms with Crippen LogP contribution in [0.2, 0.25) is 0 Å². The van der Waals surface area contributed by atoms with E-state index in [1.54, 1.807) is 11.5 Å². The Bertz CT molecular complexity index is 1050. The molecular formula is C21H22N2S2. The number of aromatic nitrogens is 1. The van der Waals surface area contributed by atoms with Crippen molar-refractivity contribution in [1.82, 2.24) is 3.96 Å². The zero-order valence-electron chi connectivity index (χ0n) is 15.2. The lowest BCUT2D eigenvalue weighted by atomic mass is 9.87. The van der Waals surface area contributed by atoms with Crippen LogP contribution < -0.4 is 5.32 Å². The first-order chi connectivity index (χ1) is 11.8. The second-order valence-electron chi connectivity index (χ2n) is 7.49. The Labute approximate surface area is 158 Å². The fourth-order valence-electron chi connectivity index (χ4n) is 3.67. The molecule has 0 fully saturated rings. The summed E-state index contributed by atoms with van der Waals surface area (Å²) < 4.78 is 3.11. The van der Waals surface area contributed by atoms with E-state index in [-0.39, 0.29) is 5.54 Å². The van der Waals surface area contributed by atoms with Gasteiger partial charge in [0.15, 0.2) is 0 Å². The Balaban J connectivity index is 2.06. The van der Waals surface area contributed by atoms with Crippen LogP contribution in [0.1, 0.15) is 35.4 Å². The van der Waals surface area contributed by atoms with Crippen molar-refractivity contribution in [3.63, 3.8) is 0 Å². The van der Waals surface area contributed by atoms with Crippen LogP contribution in [-0.2, 0) is 5.54 Å². The zero-order chi connectivity index (χ0) is 17.9. The Morgan fingerprint density at radius 1 is 1.04 bits per heavy atom. The molecule has 0 bridgehead atoms. The highest BCUT2D eigenvalue weighted by Crippen LogP contribution is 2.48. The molecule has 2 nitrogen and oxygen atoms in total. The summed E-state index contributed by atoms with van der Waals surface area (Å²) in [5.41, 5.74) is 8.45. The third-order valence-electron chi connectivity index (χ3n) is 4.80. The number of hydrogen-bond donors (Lipinski definition) is 1. The van der Waals surface area contributed by atoms with Crippen LogP contribution in [0.25, 0.3) is 16.8 Å². The van der Waals surface area contributed by atoms with Gasteiger partial charge in [0.25, 0.3) is 0 Å². The number of benzene rings is 2. The maximum Gasteiger partial charge on any atom is 0.129 e. The van der Waals surface area contributed by atoms with Crippen LogP contribution in [0, 0.1) is 25.4 Å². The van der Waals surface area contributed by atoms with E-state index in [9.17, 15) is 0 Å². The third-order valence-corrected chi connectivity index (χ3v) is 6.77. The average molecular weight is 367 g/mol. The van der Waals surface area contributed by atoms with Gasteiger partial charge in [-0.15, -0.1) is 0 Å². The first-order valence-corrected chi connectivity index (χ1v) is 9.70. The Morgan fingerprint density at radius 2 is 1.80 bits per heavy atom. The van der Waals surface area contributed by atoms with E-state index in [0.29, 0.717) is 0 Å². The van der Waals surface area contributed by atoms with E-state index in [0.717, 1.165) is 10.3 Å². The van der Waals surface area contributed by atoms with Gasteiger partial charge in [0.05, 0.1) is 16.1 Å². The molecule has 128 valence electrons. The number of nitrogens with zero attached hydrogens (tertiary/aromatic N) is 1. The topological polar surface area (TPSA) is 17.0 Å². The summed E-state index contributed by atoms with van der Waals surface area (Å²) >= 11 is 7.70.